The molecule has 4 aromatic rings. The van der Waals surface area contributed by atoms with E-state index in [1.54, 1.807) is 0 Å². The number of nitrogens with one attached hydrogen (secondary N) is 2. The summed E-state index contributed by atoms with van der Waals surface area (Å²) in [5.41, 5.74) is 4.65. The number of aromatic nitrogens is 3. The van der Waals surface area contributed by atoms with E-state index < -0.39 is 0 Å². The highest BCUT2D eigenvalue weighted by Gasteiger charge is 2.07. The zero-order chi connectivity index (χ0) is 17.9. The van der Waals surface area contributed by atoms with Gasteiger partial charge in [0.05, 0.1) is 18.3 Å². The molecular weight excluding hydrogens is 324 g/mol. The van der Waals surface area contributed by atoms with E-state index in [4.69, 9.17) is 0 Å². The fourth-order valence-corrected chi connectivity index (χ4v) is 3.36. The highest BCUT2D eigenvalue weighted by molar-refractivity contribution is 5.83. The second-order valence-corrected chi connectivity index (χ2v) is 6.64. The second kappa shape index (κ2) is 7.04. The Hall–Kier alpha value is -3.08. The Kier molecular flexibility index (Phi) is 4.44. The molecule has 0 aliphatic carbocycles. The Balaban J connectivity index is 1.30. The summed E-state index contributed by atoms with van der Waals surface area (Å²) in [6, 6.07) is 14.5. The molecule has 0 saturated heterocycles. The van der Waals surface area contributed by atoms with Crippen LogP contribution in [0.1, 0.15) is 17.5 Å². The maximum absolute atomic E-state index is 12.2. The molecule has 0 spiro atoms. The van der Waals surface area contributed by atoms with Gasteiger partial charge in [0, 0.05) is 35.5 Å². The molecule has 4 rings (SSSR count). The van der Waals surface area contributed by atoms with E-state index in [0.29, 0.717) is 19.5 Å². The van der Waals surface area contributed by atoms with Crippen LogP contribution >= 0.6 is 0 Å². The number of aromatic amines is 1. The first kappa shape index (κ1) is 16.4. The predicted octanol–water partition coefficient (Wildman–Crippen LogP) is 3.58. The summed E-state index contributed by atoms with van der Waals surface area (Å²) in [5, 5.41) is 9.75. The van der Waals surface area contributed by atoms with Crippen LogP contribution in [-0.2, 0) is 17.8 Å². The van der Waals surface area contributed by atoms with Gasteiger partial charge in [-0.25, -0.2) is 0 Å². The third-order valence-electron chi connectivity index (χ3n) is 4.74. The number of aryl methyl sites for hydroxylation is 2. The minimum absolute atomic E-state index is 0.0561. The largest absolute Gasteiger partial charge is 0.361 e. The molecule has 5 heteroatoms. The lowest BCUT2D eigenvalue weighted by Crippen LogP contribution is -2.26. The summed E-state index contributed by atoms with van der Waals surface area (Å²) in [4.78, 5) is 15.4. The molecule has 5 nitrogen and oxygen atoms in total. The molecule has 2 aromatic carbocycles. The first-order chi connectivity index (χ1) is 12.7. The molecule has 1 amide bonds. The number of carbonyl (C=O) groups is 1. The molecule has 2 heterocycles. The van der Waals surface area contributed by atoms with E-state index in [1.807, 2.05) is 29.2 Å². The standard InChI is InChI=1S/C21H22N4O/c1-15-6-7-20-17(12-15)14-24-25(20)11-9-21(26)22-10-8-16-13-23-19-5-3-2-4-18(16)19/h2-7,12-14,23H,8-11H2,1H3,(H,22,26). The number of H-pyrrole nitrogens is 1. The van der Waals surface area contributed by atoms with Crippen LogP contribution in [-0.4, -0.2) is 27.2 Å². The smallest absolute Gasteiger partial charge is 0.221 e. The Bertz CT molecular complexity index is 1060. The highest BCUT2D eigenvalue weighted by Crippen LogP contribution is 2.18. The van der Waals surface area contributed by atoms with Crippen LogP contribution in [0, 0.1) is 6.92 Å². The van der Waals surface area contributed by atoms with Gasteiger partial charge < -0.3 is 10.3 Å². The van der Waals surface area contributed by atoms with Crippen molar-refractivity contribution in [2.24, 2.45) is 0 Å². The average molecular weight is 346 g/mol. The van der Waals surface area contributed by atoms with Crippen LogP contribution in [0.15, 0.2) is 54.9 Å². The Labute approximate surface area is 152 Å². The van der Waals surface area contributed by atoms with E-state index in [-0.39, 0.29) is 5.91 Å². The third kappa shape index (κ3) is 3.33. The van der Waals surface area contributed by atoms with Gasteiger partial charge in [-0.2, -0.15) is 5.10 Å². The number of hydrogen-bond donors (Lipinski definition) is 2. The van der Waals surface area contributed by atoms with Crippen LogP contribution < -0.4 is 5.32 Å². The van der Waals surface area contributed by atoms with Gasteiger partial charge in [0.25, 0.3) is 0 Å². The molecule has 26 heavy (non-hydrogen) atoms. The van der Waals surface area contributed by atoms with E-state index in [1.165, 1.54) is 16.5 Å². The number of fused-ring (bicyclic) bond motifs is 2. The molecule has 0 aliphatic rings. The van der Waals surface area contributed by atoms with Crippen molar-refractivity contribution in [3.05, 3.63) is 66.0 Å². The lowest BCUT2D eigenvalue weighted by Gasteiger charge is -2.06. The average Bonchev–Trinajstić information content (AvgIpc) is 3.24. The number of para-hydroxylation sites is 1. The van der Waals surface area contributed by atoms with Gasteiger partial charge in [-0.1, -0.05) is 29.8 Å². The predicted molar refractivity (Wildman–Crippen MR) is 104 cm³/mol. The Morgan fingerprint density at radius 3 is 3.04 bits per heavy atom. The maximum Gasteiger partial charge on any atom is 0.221 e. The number of hydrogen-bond acceptors (Lipinski definition) is 2. The van der Waals surface area contributed by atoms with Gasteiger partial charge in [-0.05, 0) is 37.1 Å². The molecule has 0 unspecified atom stereocenters. The molecule has 132 valence electrons. The number of amides is 1. The van der Waals surface area contributed by atoms with E-state index in [0.717, 1.165) is 22.8 Å². The van der Waals surface area contributed by atoms with Crippen molar-refractivity contribution >= 4 is 27.7 Å². The van der Waals surface area contributed by atoms with Crippen molar-refractivity contribution in [2.75, 3.05) is 6.54 Å². The zero-order valence-corrected chi connectivity index (χ0v) is 14.8. The number of benzene rings is 2. The van der Waals surface area contributed by atoms with Crippen molar-refractivity contribution in [1.82, 2.24) is 20.1 Å². The lowest BCUT2D eigenvalue weighted by molar-refractivity contribution is -0.121. The van der Waals surface area contributed by atoms with E-state index in [9.17, 15) is 4.79 Å². The molecule has 2 N–H and O–H groups in total. The topological polar surface area (TPSA) is 62.7 Å². The molecular formula is C21H22N4O. The zero-order valence-electron chi connectivity index (χ0n) is 14.8. The Morgan fingerprint density at radius 1 is 1.23 bits per heavy atom. The first-order valence-electron chi connectivity index (χ1n) is 8.94. The molecule has 0 fully saturated rings. The van der Waals surface area contributed by atoms with Crippen molar-refractivity contribution in [3.63, 3.8) is 0 Å². The second-order valence-electron chi connectivity index (χ2n) is 6.64. The van der Waals surface area contributed by atoms with Crippen molar-refractivity contribution < 1.29 is 4.79 Å². The summed E-state index contributed by atoms with van der Waals surface area (Å²) in [6.07, 6.45) is 5.13. The van der Waals surface area contributed by atoms with Gasteiger partial charge >= 0.3 is 0 Å². The summed E-state index contributed by atoms with van der Waals surface area (Å²) < 4.78 is 1.90. The van der Waals surface area contributed by atoms with Gasteiger partial charge in [0.2, 0.25) is 5.91 Å². The summed E-state index contributed by atoms with van der Waals surface area (Å²) in [5.74, 6) is 0.0561. The van der Waals surface area contributed by atoms with Gasteiger partial charge in [-0.3, -0.25) is 9.48 Å². The maximum atomic E-state index is 12.2. The number of nitrogens with zero attached hydrogens (tertiary/aromatic N) is 2. The fraction of sp³-hybridized carbons (Fsp3) is 0.238. The van der Waals surface area contributed by atoms with Crippen molar-refractivity contribution in [3.8, 4) is 0 Å². The molecule has 0 radical (unpaired) electrons. The SMILES string of the molecule is Cc1ccc2c(cnn2CCC(=O)NCCc2c[nH]c3ccccc23)c1. The van der Waals surface area contributed by atoms with Crippen LogP contribution in [0.3, 0.4) is 0 Å². The van der Waals surface area contributed by atoms with Crippen LogP contribution in [0.2, 0.25) is 0 Å². The number of rotatable bonds is 6. The van der Waals surface area contributed by atoms with Gasteiger partial charge in [0.1, 0.15) is 0 Å². The molecule has 2 aromatic heterocycles. The summed E-state index contributed by atoms with van der Waals surface area (Å²) >= 11 is 0. The first-order valence-corrected chi connectivity index (χ1v) is 8.94. The quantitative estimate of drug-likeness (QED) is 0.560. The van der Waals surface area contributed by atoms with E-state index >= 15 is 0 Å². The van der Waals surface area contributed by atoms with Crippen molar-refractivity contribution in [1.29, 1.82) is 0 Å². The lowest BCUT2D eigenvalue weighted by atomic mass is 10.1. The highest BCUT2D eigenvalue weighted by atomic mass is 16.1. The van der Waals surface area contributed by atoms with Crippen LogP contribution in [0.4, 0.5) is 0 Å². The minimum atomic E-state index is 0.0561. The summed E-state index contributed by atoms with van der Waals surface area (Å²) in [6.45, 7) is 3.29. The minimum Gasteiger partial charge on any atom is -0.361 e. The molecule has 0 saturated carbocycles. The molecule has 0 aliphatic heterocycles. The monoisotopic (exact) mass is 346 g/mol. The van der Waals surface area contributed by atoms with E-state index in [2.05, 4.69) is 52.7 Å². The van der Waals surface area contributed by atoms with Gasteiger partial charge in [-0.15, -0.1) is 0 Å². The van der Waals surface area contributed by atoms with Gasteiger partial charge in [0.15, 0.2) is 0 Å². The van der Waals surface area contributed by atoms with Crippen LogP contribution in [0.25, 0.3) is 21.8 Å². The normalized spacial score (nSPS) is 11.3. The molecule has 0 bridgehead atoms. The van der Waals surface area contributed by atoms with Crippen LogP contribution in [0.5, 0.6) is 0 Å². The third-order valence-corrected chi connectivity index (χ3v) is 4.74. The summed E-state index contributed by atoms with van der Waals surface area (Å²) in [7, 11) is 0. The fourth-order valence-electron chi connectivity index (χ4n) is 3.36. The van der Waals surface area contributed by atoms with Crippen molar-refractivity contribution in [2.45, 2.75) is 26.3 Å². The molecule has 0 atom stereocenters. The Morgan fingerprint density at radius 2 is 2.12 bits per heavy atom. The number of carbonyl (C=O) groups excluding carboxylic acids is 1.